The molecule has 13 heavy (non-hydrogen) atoms. The highest BCUT2D eigenvalue weighted by molar-refractivity contribution is 5.73. The van der Waals surface area contributed by atoms with Crippen LogP contribution in [-0.2, 0) is 14.4 Å². The number of carbonyl (C=O) groups is 3. The predicted molar refractivity (Wildman–Crippen MR) is 49.4 cm³/mol. The van der Waals surface area contributed by atoms with Gasteiger partial charge in [-0.05, 0) is 24.8 Å². The van der Waals surface area contributed by atoms with Crippen LogP contribution in [0.1, 0.15) is 32.1 Å². The first-order valence-corrected chi connectivity index (χ1v) is 4.36. The van der Waals surface area contributed by atoms with Crippen molar-refractivity contribution >= 4 is 18.9 Å². The van der Waals surface area contributed by atoms with Crippen molar-refractivity contribution in [1.29, 1.82) is 0 Å². The Labute approximate surface area is 77.8 Å². The van der Waals surface area contributed by atoms with Crippen LogP contribution in [0.4, 0.5) is 0 Å². The van der Waals surface area contributed by atoms with E-state index in [9.17, 15) is 14.4 Å². The molecule has 0 bridgehead atoms. The molecule has 0 aromatic carbocycles. The molecule has 0 aliphatic carbocycles. The van der Waals surface area contributed by atoms with Gasteiger partial charge in [0.05, 0.1) is 0 Å². The van der Waals surface area contributed by atoms with Crippen molar-refractivity contribution in [3.8, 4) is 0 Å². The van der Waals surface area contributed by atoms with Gasteiger partial charge in [0.2, 0.25) is 0 Å². The maximum Gasteiger partial charge on any atom is 0.145 e. The molecule has 0 heterocycles. The van der Waals surface area contributed by atoms with Gasteiger partial charge in [-0.15, -0.1) is 0 Å². The number of rotatable bonds is 8. The summed E-state index contributed by atoms with van der Waals surface area (Å²) in [4.78, 5) is 30.4. The van der Waals surface area contributed by atoms with Crippen LogP contribution in [0.2, 0.25) is 0 Å². The predicted octanol–water partition coefficient (Wildman–Crippen LogP) is 1.46. The van der Waals surface area contributed by atoms with Crippen LogP contribution in [0, 0.1) is 0 Å². The Kier molecular flexibility index (Phi) is 7.99. The van der Waals surface area contributed by atoms with Gasteiger partial charge in [-0.25, -0.2) is 0 Å². The smallest absolute Gasteiger partial charge is 0.145 e. The van der Waals surface area contributed by atoms with Crippen LogP contribution in [0.5, 0.6) is 0 Å². The van der Waals surface area contributed by atoms with Crippen molar-refractivity contribution in [2.24, 2.45) is 0 Å². The Morgan fingerprint density at radius 2 is 1.62 bits per heavy atom. The van der Waals surface area contributed by atoms with Crippen molar-refractivity contribution in [2.45, 2.75) is 32.1 Å². The molecule has 0 saturated carbocycles. The normalized spacial score (nSPS) is 10.9. The van der Waals surface area contributed by atoms with Crippen LogP contribution in [0.25, 0.3) is 0 Å². The van der Waals surface area contributed by atoms with Crippen LogP contribution in [-0.4, -0.2) is 18.9 Å². The first-order valence-electron chi connectivity index (χ1n) is 4.36. The summed E-state index contributed by atoms with van der Waals surface area (Å²) in [5.41, 5.74) is 0.651. The summed E-state index contributed by atoms with van der Waals surface area (Å²) in [6, 6.07) is 0. The van der Waals surface area contributed by atoms with Crippen LogP contribution in [0.3, 0.4) is 0 Å². The molecule has 0 aromatic rings. The molecule has 0 radical (unpaired) electrons. The lowest BCUT2D eigenvalue weighted by Gasteiger charge is -1.94. The molecule has 0 saturated heterocycles. The van der Waals surface area contributed by atoms with Gasteiger partial charge in [0.15, 0.2) is 0 Å². The van der Waals surface area contributed by atoms with Crippen LogP contribution in [0.15, 0.2) is 11.6 Å². The summed E-state index contributed by atoms with van der Waals surface area (Å²) < 4.78 is 0. The first-order chi connectivity index (χ1) is 6.35. The molecule has 0 aromatic heterocycles. The molecule has 0 unspecified atom stereocenters. The maximum absolute atomic E-state index is 10.4. The average Bonchev–Trinajstić information content (AvgIpc) is 2.17. The van der Waals surface area contributed by atoms with Gasteiger partial charge in [-0.1, -0.05) is 6.08 Å². The topological polar surface area (TPSA) is 51.2 Å². The van der Waals surface area contributed by atoms with Gasteiger partial charge < -0.3 is 9.59 Å². The van der Waals surface area contributed by atoms with Gasteiger partial charge in [0.25, 0.3) is 0 Å². The van der Waals surface area contributed by atoms with Crippen LogP contribution < -0.4 is 0 Å². The standard InChI is InChI=1S/C10H14O3/c11-7-3-1-2-5-10(9-13)6-4-8-12/h5,7-9H,1-4,6H2/b10-5-. The van der Waals surface area contributed by atoms with E-state index in [0.29, 0.717) is 24.8 Å². The number of hydrogen-bond donors (Lipinski definition) is 0. The molecule has 0 fully saturated rings. The quantitative estimate of drug-likeness (QED) is 0.324. The minimum Gasteiger partial charge on any atom is -0.303 e. The van der Waals surface area contributed by atoms with Gasteiger partial charge in [-0.3, -0.25) is 4.79 Å². The Hall–Kier alpha value is -1.25. The number of allylic oxidation sites excluding steroid dienone is 2. The molecule has 0 rings (SSSR count). The lowest BCUT2D eigenvalue weighted by molar-refractivity contribution is -0.108. The zero-order valence-corrected chi connectivity index (χ0v) is 7.57. The Balaban J connectivity index is 3.70. The van der Waals surface area contributed by atoms with E-state index in [4.69, 9.17) is 0 Å². The fourth-order valence-corrected chi connectivity index (χ4v) is 0.923. The largest absolute Gasteiger partial charge is 0.303 e. The van der Waals surface area contributed by atoms with E-state index in [0.717, 1.165) is 31.7 Å². The van der Waals surface area contributed by atoms with Crippen molar-refractivity contribution in [3.05, 3.63) is 11.6 Å². The van der Waals surface area contributed by atoms with E-state index in [2.05, 4.69) is 0 Å². The van der Waals surface area contributed by atoms with E-state index >= 15 is 0 Å². The average molecular weight is 182 g/mol. The fourth-order valence-electron chi connectivity index (χ4n) is 0.923. The summed E-state index contributed by atoms with van der Waals surface area (Å²) >= 11 is 0. The van der Waals surface area contributed by atoms with Crippen LogP contribution >= 0.6 is 0 Å². The lowest BCUT2D eigenvalue weighted by atomic mass is 10.1. The Bertz CT molecular complexity index is 194. The van der Waals surface area contributed by atoms with Crippen molar-refractivity contribution < 1.29 is 14.4 Å². The number of carbonyl (C=O) groups excluding carboxylic acids is 3. The van der Waals surface area contributed by atoms with Crippen molar-refractivity contribution in [2.75, 3.05) is 0 Å². The summed E-state index contributed by atoms with van der Waals surface area (Å²) in [5.74, 6) is 0. The van der Waals surface area contributed by atoms with Crippen molar-refractivity contribution in [3.63, 3.8) is 0 Å². The van der Waals surface area contributed by atoms with E-state index in [-0.39, 0.29) is 0 Å². The highest BCUT2D eigenvalue weighted by Crippen LogP contribution is 2.04. The molecule has 0 atom stereocenters. The van der Waals surface area contributed by atoms with E-state index in [1.165, 1.54) is 0 Å². The first kappa shape index (κ1) is 11.8. The Morgan fingerprint density at radius 1 is 0.923 bits per heavy atom. The summed E-state index contributed by atoms with van der Waals surface area (Å²) in [5, 5.41) is 0. The molecule has 72 valence electrons. The highest BCUT2D eigenvalue weighted by Gasteiger charge is 1.94. The minimum atomic E-state index is 0.387. The Morgan fingerprint density at radius 3 is 2.15 bits per heavy atom. The molecule has 0 aliphatic rings. The van der Waals surface area contributed by atoms with Gasteiger partial charge in [0, 0.05) is 12.8 Å². The van der Waals surface area contributed by atoms with Gasteiger partial charge >= 0.3 is 0 Å². The van der Waals surface area contributed by atoms with E-state index in [1.807, 2.05) is 0 Å². The molecule has 0 aliphatic heterocycles. The summed E-state index contributed by atoms with van der Waals surface area (Å²) in [6.45, 7) is 0. The minimum absolute atomic E-state index is 0.387. The monoisotopic (exact) mass is 182 g/mol. The third-order valence-electron chi connectivity index (χ3n) is 1.63. The highest BCUT2D eigenvalue weighted by atomic mass is 16.1. The summed E-state index contributed by atoms with van der Waals surface area (Å²) in [7, 11) is 0. The lowest BCUT2D eigenvalue weighted by Crippen LogP contribution is -1.87. The molecular formula is C10H14O3. The SMILES string of the molecule is O=CCCC/C=C(\C=O)CCC=O. The third kappa shape index (κ3) is 7.12. The summed E-state index contributed by atoms with van der Waals surface area (Å²) in [6.07, 6.45) is 7.13. The number of hydrogen-bond acceptors (Lipinski definition) is 3. The number of unbranched alkanes of at least 4 members (excludes halogenated alkanes) is 2. The molecule has 0 N–H and O–H groups in total. The van der Waals surface area contributed by atoms with Crippen molar-refractivity contribution in [1.82, 2.24) is 0 Å². The zero-order chi connectivity index (χ0) is 9.94. The zero-order valence-electron chi connectivity index (χ0n) is 7.57. The second-order valence-corrected chi connectivity index (χ2v) is 2.70. The molecular weight excluding hydrogens is 168 g/mol. The maximum atomic E-state index is 10.4. The number of aldehydes is 3. The second kappa shape index (κ2) is 8.84. The third-order valence-corrected chi connectivity index (χ3v) is 1.63. The fraction of sp³-hybridized carbons (Fsp3) is 0.500. The van der Waals surface area contributed by atoms with Gasteiger partial charge in [0.1, 0.15) is 18.9 Å². The molecule has 3 heteroatoms. The van der Waals surface area contributed by atoms with E-state index in [1.54, 1.807) is 6.08 Å². The molecule has 0 amide bonds. The molecule has 3 nitrogen and oxygen atoms in total. The second-order valence-electron chi connectivity index (χ2n) is 2.70. The van der Waals surface area contributed by atoms with E-state index < -0.39 is 0 Å². The molecule has 0 spiro atoms. The van der Waals surface area contributed by atoms with Gasteiger partial charge in [-0.2, -0.15) is 0 Å².